The van der Waals surface area contributed by atoms with Gasteiger partial charge in [-0.15, -0.1) is 11.3 Å². The first kappa shape index (κ1) is 14.1. The summed E-state index contributed by atoms with van der Waals surface area (Å²) >= 11 is 1.43. The summed E-state index contributed by atoms with van der Waals surface area (Å²) in [6, 6.07) is 0.206. The average molecular weight is 255 g/mol. The summed E-state index contributed by atoms with van der Waals surface area (Å²) in [6.45, 7) is 4.60. The Morgan fingerprint density at radius 3 is 2.94 bits per heavy atom. The molecule has 0 radical (unpaired) electrons. The minimum atomic E-state index is -0.0926. The minimum absolute atomic E-state index is 0.0926. The van der Waals surface area contributed by atoms with Gasteiger partial charge in [0.1, 0.15) is 10.7 Å². The number of nitrogens with one attached hydrogen (secondary N) is 1. The van der Waals surface area contributed by atoms with Gasteiger partial charge in [-0.25, -0.2) is 4.98 Å². The second-order valence-electron chi connectivity index (χ2n) is 4.20. The monoisotopic (exact) mass is 255 g/mol. The number of aromatic nitrogens is 1. The first-order chi connectivity index (χ1) is 8.17. The summed E-state index contributed by atoms with van der Waals surface area (Å²) in [7, 11) is 0. The Labute approximate surface area is 107 Å². The normalized spacial score (nSPS) is 12.4. The van der Waals surface area contributed by atoms with E-state index in [9.17, 15) is 4.79 Å². The van der Waals surface area contributed by atoms with E-state index in [1.54, 1.807) is 5.38 Å². The summed E-state index contributed by atoms with van der Waals surface area (Å²) in [4.78, 5) is 16.0. The molecule has 0 bridgehead atoms. The third-order valence-electron chi connectivity index (χ3n) is 2.58. The number of rotatable bonds is 7. The van der Waals surface area contributed by atoms with Crippen LogP contribution >= 0.6 is 11.3 Å². The Kier molecular flexibility index (Phi) is 6.15. The summed E-state index contributed by atoms with van der Waals surface area (Å²) in [5.41, 5.74) is 5.95. The highest BCUT2D eigenvalue weighted by atomic mass is 32.1. The van der Waals surface area contributed by atoms with Crippen molar-refractivity contribution in [3.05, 3.63) is 16.1 Å². The van der Waals surface area contributed by atoms with Crippen LogP contribution in [0.3, 0.4) is 0 Å². The molecular weight excluding hydrogens is 234 g/mol. The van der Waals surface area contributed by atoms with Gasteiger partial charge in [0.2, 0.25) is 0 Å². The van der Waals surface area contributed by atoms with Gasteiger partial charge in [0.05, 0.1) is 0 Å². The van der Waals surface area contributed by atoms with Crippen molar-refractivity contribution < 1.29 is 4.79 Å². The molecule has 5 heteroatoms. The second-order valence-corrected chi connectivity index (χ2v) is 5.14. The van der Waals surface area contributed by atoms with E-state index in [0.717, 1.165) is 17.8 Å². The maximum Gasteiger partial charge on any atom is 0.270 e. The zero-order valence-electron chi connectivity index (χ0n) is 10.5. The number of hydrogen-bond acceptors (Lipinski definition) is 4. The van der Waals surface area contributed by atoms with Gasteiger partial charge in [-0.2, -0.15) is 0 Å². The molecule has 1 amide bonds. The molecule has 0 spiro atoms. The lowest BCUT2D eigenvalue weighted by atomic mass is 10.1. The SMILES string of the molecule is CCCCCC(C)NC(=O)c1csc(CN)n1. The molecule has 1 atom stereocenters. The molecule has 0 saturated heterocycles. The number of thiazole rings is 1. The van der Waals surface area contributed by atoms with Crippen molar-refractivity contribution in [2.75, 3.05) is 0 Å². The van der Waals surface area contributed by atoms with E-state index in [2.05, 4.69) is 17.2 Å². The molecular formula is C12H21N3OS. The molecule has 1 aromatic heterocycles. The zero-order chi connectivity index (χ0) is 12.7. The lowest BCUT2D eigenvalue weighted by molar-refractivity contribution is 0.0933. The van der Waals surface area contributed by atoms with Crippen LogP contribution < -0.4 is 11.1 Å². The fourth-order valence-electron chi connectivity index (χ4n) is 1.58. The van der Waals surface area contributed by atoms with E-state index in [0.29, 0.717) is 12.2 Å². The lowest BCUT2D eigenvalue weighted by Gasteiger charge is -2.12. The van der Waals surface area contributed by atoms with Gasteiger partial charge in [0.25, 0.3) is 5.91 Å². The molecule has 0 aromatic carbocycles. The highest BCUT2D eigenvalue weighted by Crippen LogP contribution is 2.09. The Hall–Kier alpha value is -0.940. The standard InChI is InChI=1S/C12H21N3OS/c1-3-4-5-6-9(2)14-12(16)10-8-17-11(7-13)15-10/h8-9H,3-7,13H2,1-2H3,(H,14,16). The predicted octanol–water partition coefficient (Wildman–Crippen LogP) is 2.30. The van der Waals surface area contributed by atoms with Crippen molar-refractivity contribution in [2.45, 2.75) is 52.1 Å². The van der Waals surface area contributed by atoms with E-state index in [1.165, 1.54) is 24.2 Å². The number of carbonyl (C=O) groups is 1. The van der Waals surface area contributed by atoms with Crippen LogP contribution in [0.25, 0.3) is 0 Å². The second kappa shape index (κ2) is 7.40. The number of amides is 1. The van der Waals surface area contributed by atoms with Crippen LogP contribution in [0.1, 0.15) is 55.0 Å². The molecule has 0 aliphatic carbocycles. The van der Waals surface area contributed by atoms with Crippen molar-refractivity contribution in [1.29, 1.82) is 0 Å². The molecule has 96 valence electrons. The molecule has 1 unspecified atom stereocenters. The van der Waals surface area contributed by atoms with Crippen LogP contribution in [0, 0.1) is 0 Å². The van der Waals surface area contributed by atoms with E-state index in [1.807, 2.05) is 6.92 Å². The molecule has 3 N–H and O–H groups in total. The third kappa shape index (κ3) is 4.83. The van der Waals surface area contributed by atoms with Gasteiger partial charge in [-0.1, -0.05) is 26.2 Å². The molecule has 4 nitrogen and oxygen atoms in total. The van der Waals surface area contributed by atoms with Crippen LogP contribution in [0.4, 0.5) is 0 Å². The van der Waals surface area contributed by atoms with Crippen molar-refractivity contribution in [2.24, 2.45) is 5.73 Å². The quantitative estimate of drug-likeness (QED) is 0.735. The van der Waals surface area contributed by atoms with Crippen LogP contribution in [-0.4, -0.2) is 16.9 Å². The maximum atomic E-state index is 11.8. The molecule has 1 aromatic rings. The van der Waals surface area contributed by atoms with E-state index in [4.69, 9.17) is 5.73 Å². The molecule has 0 fully saturated rings. The van der Waals surface area contributed by atoms with Crippen LogP contribution in [-0.2, 0) is 6.54 Å². The largest absolute Gasteiger partial charge is 0.348 e. The molecule has 0 aliphatic rings. The summed E-state index contributed by atoms with van der Waals surface area (Å²) in [5, 5.41) is 5.52. The highest BCUT2D eigenvalue weighted by molar-refractivity contribution is 7.09. The number of hydrogen-bond donors (Lipinski definition) is 2. The van der Waals surface area contributed by atoms with Crippen LogP contribution in [0.5, 0.6) is 0 Å². The van der Waals surface area contributed by atoms with Gasteiger partial charge >= 0.3 is 0 Å². The first-order valence-corrected chi connectivity index (χ1v) is 7.00. The predicted molar refractivity (Wildman–Crippen MR) is 71.1 cm³/mol. The Balaban J connectivity index is 2.37. The van der Waals surface area contributed by atoms with Gasteiger partial charge in [0, 0.05) is 18.0 Å². The van der Waals surface area contributed by atoms with Crippen molar-refractivity contribution in [3.63, 3.8) is 0 Å². The molecule has 0 aliphatic heterocycles. The maximum absolute atomic E-state index is 11.8. The van der Waals surface area contributed by atoms with Gasteiger partial charge < -0.3 is 11.1 Å². The zero-order valence-corrected chi connectivity index (χ0v) is 11.3. The van der Waals surface area contributed by atoms with Crippen LogP contribution in [0.2, 0.25) is 0 Å². The first-order valence-electron chi connectivity index (χ1n) is 6.12. The van der Waals surface area contributed by atoms with Gasteiger partial charge in [-0.05, 0) is 13.3 Å². The Morgan fingerprint density at radius 2 is 2.35 bits per heavy atom. The van der Waals surface area contributed by atoms with Crippen molar-refractivity contribution in [3.8, 4) is 0 Å². The smallest absolute Gasteiger partial charge is 0.270 e. The molecule has 0 saturated carbocycles. The summed E-state index contributed by atoms with van der Waals surface area (Å²) < 4.78 is 0. The fraction of sp³-hybridized carbons (Fsp3) is 0.667. The fourth-order valence-corrected chi connectivity index (χ4v) is 2.23. The van der Waals surface area contributed by atoms with Gasteiger partial charge in [0.15, 0.2) is 0 Å². The summed E-state index contributed by atoms with van der Waals surface area (Å²) in [6.07, 6.45) is 4.59. The van der Waals surface area contributed by atoms with Gasteiger partial charge in [-0.3, -0.25) is 4.79 Å². The van der Waals surface area contributed by atoms with Crippen LogP contribution in [0.15, 0.2) is 5.38 Å². The molecule has 17 heavy (non-hydrogen) atoms. The molecule has 1 rings (SSSR count). The van der Waals surface area contributed by atoms with Crippen molar-refractivity contribution >= 4 is 17.2 Å². The number of nitrogens with zero attached hydrogens (tertiary/aromatic N) is 1. The number of unbranched alkanes of at least 4 members (excludes halogenated alkanes) is 2. The average Bonchev–Trinajstić information content (AvgIpc) is 2.78. The number of carbonyl (C=O) groups excluding carboxylic acids is 1. The Bertz CT molecular complexity index is 351. The summed E-state index contributed by atoms with van der Waals surface area (Å²) in [5.74, 6) is -0.0926. The van der Waals surface area contributed by atoms with E-state index >= 15 is 0 Å². The topological polar surface area (TPSA) is 68.0 Å². The minimum Gasteiger partial charge on any atom is -0.348 e. The Morgan fingerprint density at radius 1 is 1.59 bits per heavy atom. The number of nitrogens with two attached hydrogens (primary N) is 1. The van der Waals surface area contributed by atoms with E-state index < -0.39 is 0 Å². The highest BCUT2D eigenvalue weighted by Gasteiger charge is 2.12. The lowest BCUT2D eigenvalue weighted by Crippen LogP contribution is -2.32. The molecule has 1 heterocycles. The van der Waals surface area contributed by atoms with Crippen molar-refractivity contribution in [1.82, 2.24) is 10.3 Å². The third-order valence-corrected chi connectivity index (χ3v) is 3.45. The van der Waals surface area contributed by atoms with E-state index in [-0.39, 0.29) is 11.9 Å².